The fourth-order valence-corrected chi connectivity index (χ4v) is 3.45. The topological polar surface area (TPSA) is 58.5 Å². The molecule has 4 rings (SSSR count). The van der Waals surface area contributed by atoms with Gasteiger partial charge < -0.3 is 14.7 Å². The van der Waals surface area contributed by atoms with Crippen LogP contribution >= 0.6 is 0 Å². The van der Waals surface area contributed by atoms with Gasteiger partial charge in [0.05, 0.1) is 19.3 Å². The Kier molecular flexibility index (Phi) is 3.49. The fraction of sp³-hybridized carbons (Fsp3) is 0.263. The normalized spacial score (nSPS) is 13.8. The maximum Gasteiger partial charge on any atom is 0.319 e. The lowest BCUT2D eigenvalue weighted by molar-refractivity contribution is 0.357. The standard InChI is InChI=1S/C19H19N3O2/c1-12-5-3-6-13-7-4-8-16(17(12)13)22-10-9-14-15(11-22)20-19(24-2)21-18(14)23/h3-8H,9-11H2,1-2H3,(H,20,21,23). The van der Waals surface area contributed by atoms with Gasteiger partial charge in [-0.1, -0.05) is 30.3 Å². The molecule has 0 fully saturated rings. The van der Waals surface area contributed by atoms with Crippen molar-refractivity contribution in [2.75, 3.05) is 18.6 Å². The number of fused-ring (bicyclic) bond motifs is 2. The van der Waals surface area contributed by atoms with Crippen LogP contribution in [0.3, 0.4) is 0 Å². The Balaban J connectivity index is 1.79. The first-order valence-corrected chi connectivity index (χ1v) is 8.03. The molecule has 0 bridgehead atoms. The first-order chi connectivity index (χ1) is 11.7. The molecular formula is C19H19N3O2. The molecule has 0 atom stereocenters. The molecule has 122 valence electrons. The summed E-state index contributed by atoms with van der Waals surface area (Å²) in [5.41, 5.74) is 4.12. The largest absolute Gasteiger partial charge is 0.493 e. The second-order valence-corrected chi connectivity index (χ2v) is 6.08. The number of hydrogen-bond donors (Lipinski definition) is 1. The van der Waals surface area contributed by atoms with E-state index >= 15 is 0 Å². The summed E-state index contributed by atoms with van der Waals surface area (Å²) in [6.45, 7) is 3.60. The minimum atomic E-state index is 0.0330. The van der Waals surface area contributed by atoms with Gasteiger partial charge in [-0.2, -0.15) is 9.97 Å². The van der Waals surface area contributed by atoms with Crippen LogP contribution in [0.15, 0.2) is 36.4 Å². The van der Waals surface area contributed by atoms with Gasteiger partial charge >= 0.3 is 6.01 Å². The van der Waals surface area contributed by atoms with Crippen LogP contribution in [0, 0.1) is 6.92 Å². The van der Waals surface area contributed by atoms with Gasteiger partial charge in [0, 0.05) is 23.2 Å². The highest BCUT2D eigenvalue weighted by molar-refractivity contribution is 5.96. The van der Waals surface area contributed by atoms with Crippen LogP contribution in [0.5, 0.6) is 11.9 Å². The highest BCUT2D eigenvalue weighted by Gasteiger charge is 2.24. The molecule has 2 heterocycles. The Morgan fingerprint density at radius 2 is 1.92 bits per heavy atom. The zero-order valence-corrected chi connectivity index (χ0v) is 13.8. The Hall–Kier alpha value is -2.82. The molecule has 1 aliphatic rings. The van der Waals surface area contributed by atoms with Crippen molar-refractivity contribution in [3.8, 4) is 11.9 Å². The van der Waals surface area contributed by atoms with Gasteiger partial charge in [-0.3, -0.25) is 0 Å². The van der Waals surface area contributed by atoms with E-state index in [0.717, 1.165) is 17.8 Å². The van der Waals surface area contributed by atoms with Crippen molar-refractivity contribution in [2.45, 2.75) is 19.9 Å². The Bertz CT molecular complexity index is 919. The smallest absolute Gasteiger partial charge is 0.319 e. The number of anilines is 1. The number of ether oxygens (including phenoxy) is 1. The molecule has 3 aromatic rings. The van der Waals surface area contributed by atoms with Crippen LogP contribution < -0.4 is 9.64 Å². The van der Waals surface area contributed by atoms with Crippen LogP contribution in [0.1, 0.15) is 16.8 Å². The summed E-state index contributed by atoms with van der Waals surface area (Å²) in [7, 11) is 1.51. The lowest BCUT2D eigenvalue weighted by Gasteiger charge is -2.31. The summed E-state index contributed by atoms with van der Waals surface area (Å²) < 4.78 is 5.09. The first-order valence-electron chi connectivity index (χ1n) is 8.03. The number of aromatic nitrogens is 2. The molecule has 1 N–H and O–H groups in total. The van der Waals surface area contributed by atoms with Crippen molar-refractivity contribution < 1.29 is 9.84 Å². The van der Waals surface area contributed by atoms with Gasteiger partial charge in [0.2, 0.25) is 5.88 Å². The van der Waals surface area contributed by atoms with E-state index in [1.165, 1.54) is 29.1 Å². The number of aromatic hydroxyl groups is 1. The minimum absolute atomic E-state index is 0.0330. The van der Waals surface area contributed by atoms with E-state index in [1.54, 1.807) is 0 Å². The van der Waals surface area contributed by atoms with Crippen LogP contribution in [0.2, 0.25) is 0 Å². The lowest BCUT2D eigenvalue weighted by Crippen LogP contribution is -2.31. The number of aryl methyl sites for hydroxylation is 1. The van der Waals surface area contributed by atoms with Crippen LogP contribution in [-0.2, 0) is 13.0 Å². The van der Waals surface area contributed by atoms with Crippen molar-refractivity contribution in [1.29, 1.82) is 0 Å². The molecule has 0 spiro atoms. The molecule has 5 nitrogen and oxygen atoms in total. The minimum Gasteiger partial charge on any atom is -0.493 e. The molecule has 0 saturated carbocycles. The van der Waals surface area contributed by atoms with E-state index in [-0.39, 0.29) is 11.9 Å². The predicted octanol–water partition coefficient (Wildman–Crippen LogP) is 3.22. The second-order valence-electron chi connectivity index (χ2n) is 6.08. The molecule has 1 aromatic heterocycles. The van der Waals surface area contributed by atoms with Crippen molar-refractivity contribution in [2.24, 2.45) is 0 Å². The summed E-state index contributed by atoms with van der Waals surface area (Å²) in [5.74, 6) is 0.0330. The van der Waals surface area contributed by atoms with E-state index in [9.17, 15) is 5.11 Å². The van der Waals surface area contributed by atoms with Crippen LogP contribution in [0.25, 0.3) is 10.8 Å². The molecule has 0 amide bonds. The molecule has 0 unspecified atom stereocenters. The van der Waals surface area contributed by atoms with Crippen molar-refractivity contribution in [1.82, 2.24) is 9.97 Å². The number of benzene rings is 2. The zero-order valence-electron chi connectivity index (χ0n) is 13.8. The number of methoxy groups -OCH3 is 1. The zero-order chi connectivity index (χ0) is 16.7. The molecule has 2 aromatic carbocycles. The molecule has 0 radical (unpaired) electrons. The van der Waals surface area contributed by atoms with E-state index in [4.69, 9.17) is 4.74 Å². The van der Waals surface area contributed by atoms with E-state index < -0.39 is 0 Å². The van der Waals surface area contributed by atoms with E-state index in [1.807, 2.05) is 0 Å². The second kappa shape index (κ2) is 5.67. The Morgan fingerprint density at radius 1 is 1.12 bits per heavy atom. The third-order valence-corrected chi connectivity index (χ3v) is 4.64. The lowest BCUT2D eigenvalue weighted by atomic mass is 10.0. The Morgan fingerprint density at radius 3 is 2.71 bits per heavy atom. The third kappa shape index (κ3) is 2.33. The monoisotopic (exact) mass is 321 g/mol. The van der Waals surface area contributed by atoms with E-state index in [0.29, 0.717) is 13.0 Å². The molecule has 0 aliphatic carbocycles. The predicted molar refractivity (Wildman–Crippen MR) is 93.7 cm³/mol. The molecule has 5 heteroatoms. The van der Waals surface area contributed by atoms with Gasteiger partial charge in [-0.25, -0.2) is 0 Å². The number of hydrogen-bond acceptors (Lipinski definition) is 5. The maximum atomic E-state index is 10.1. The summed E-state index contributed by atoms with van der Waals surface area (Å²) in [5, 5.41) is 12.6. The van der Waals surface area contributed by atoms with Gasteiger partial charge in [0.15, 0.2) is 0 Å². The van der Waals surface area contributed by atoms with Gasteiger partial charge in [0.25, 0.3) is 0 Å². The van der Waals surface area contributed by atoms with Gasteiger partial charge in [0.1, 0.15) is 0 Å². The summed E-state index contributed by atoms with van der Waals surface area (Å²) in [4.78, 5) is 10.7. The van der Waals surface area contributed by atoms with Gasteiger partial charge in [-0.15, -0.1) is 0 Å². The van der Waals surface area contributed by atoms with Crippen molar-refractivity contribution in [3.05, 3.63) is 53.2 Å². The van der Waals surface area contributed by atoms with Gasteiger partial charge in [-0.05, 0) is 30.4 Å². The first kappa shape index (κ1) is 14.8. The Labute approximate surface area is 140 Å². The quantitative estimate of drug-likeness (QED) is 0.785. The SMILES string of the molecule is COc1nc(O)c2c(n1)CN(c1cccc3cccc(C)c13)CC2. The maximum absolute atomic E-state index is 10.1. The molecule has 1 aliphatic heterocycles. The average Bonchev–Trinajstić information content (AvgIpc) is 2.61. The molecular weight excluding hydrogens is 302 g/mol. The molecule has 24 heavy (non-hydrogen) atoms. The molecule has 0 saturated heterocycles. The number of nitrogens with zero attached hydrogens (tertiary/aromatic N) is 3. The summed E-state index contributed by atoms with van der Waals surface area (Å²) in [6, 6.07) is 13.0. The highest BCUT2D eigenvalue weighted by Crippen LogP contribution is 2.34. The average molecular weight is 321 g/mol. The van der Waals surface area contributed by atoms with E-state index in [2.05, 4.69) is 58.2 Å². The fourth-order valence-electron chi connectivity index (χ4n) is 3.45. The van der Waals surface area contributed by atoms with Crippen molar-refractivity contribution in [3.63, 3.8) is 0 Å². The summed E-state index contributed by atoms with van der Waals surface area (Å²) in [6.07, 6.45) is 0.716. The number of rotatable bonds is 2. The van der Waals surface area contributed by atoms with Crippen LogP contribution in [0.4, 0.5) is 5.69 Å². The highest BCUT2D eigenvalue weighted by atomic mass is 16.5. The third-order valence-electron chi connectivity index (χ3n) is 4.64. The summed E-state index contributed by atoms with van der Waals surface area (Å²) >= 11 is 0. The van der Waals surface area contributed by atoms with Crippen LogP contribution in [-0.4, -0.2) is 28.7 Å². The van der Waals surface area contributed by atoms with Crippen molar-refractivity contribution >= 4 is 16.5 Å².